The van der Waals surface area contributed by atoms with Crippen LogP contribution in [-0.2, 0) is 0 Å². The Labute approximate surface area is 106 Å². The fraction of sp³-hybridized carbons (Fsp3) is 0.214. The molecule has 0 spiro atoms. The van der Waals surface area contributed by atoms with E-state index in [-0.39, 0.29) is 0 Å². The third kappa shape index (κ3) is 2.37. The first-order valence-corrected chi connectivity index (χ1v) is 5.79. The molecule has 1 amide bonds. The van der Waals surface area contributed by atoms with Crippen LogP contribution in [-0.4, -0.2) is 15.9 Å². The van der Waals surface area contributed by atoms with Crippen molar-refractivity contribution < 1.29 is 4.79 Å². The van der Waals surface area contributed by atoms with E-state index in [0.29, 0.717) is 11.5 Å². The minimum absolute atomic E-state index is 0.292. The number of hydrogen-bond donors (Lipinski definition) is 1. The van der Waals surface area contributed by atoms with Gasteiger partial charge in [-0.15, -0.1) is 0 Å². The fourth-order valence-corrected chi connectivity index (χ4v) is 1.86. The molecule has 2 rings (SSSR count). The Kier molecular flexibility index (Phi) is 3.37. The van der Waals surface area contributed by atoms with Crippen molar-refractivity contribution in [2.24, 2.45) is 5.73 Å². The summed E-state index contributed by atoms with van der Waals surface area (Å²) in [7, 11) is 0. The van der Waals surface area contributed by atoms with Crippen LogP contribution in [0.1, 0.15) is 35.8 Å². The largest absolute Gasteiger partial charge is 0.366 e. The minimum Gasteiger partial charge on any atom is -0.366 e. The Morgan fingerprint density at radius 3 is 2.78 bits per heavy atom. The molecule has 0 saturated heterocycles. The maximum absolute atomic E-state index is 11.2. The molecule has 4 heteroatoms. The van der Waals surface area contributed by atoms with Gasteiger partial charge in [-0.25, -0.2) is 9.97 Å². The van der Waals surface area contributed by atoms with E-state index < -0.39 is 5.91 Å². The predicted molar refractivity (Wildman–Crippen MR) is 70.1 cm³/mol. The van der Waals surface area contributed by atoms with Crippen molar-refractivity contribution in [2.45, 2.75) is 19.8 Å². The summed E-state index contributed by atoms with van der Waals surface area (Å²) in [4.78, 5) is 19.5. The van der Waals surface area contributed by atoms with Crippen LogP contribution in [0, 0.1) is 0 Å². The van der Waals surface area contributed by atoms with E-state index in [1.54, 1.807) is 18.3 Å². The molecule has 92 valence electrons. The molecule has 0 radical (unpaired) electrons. The third-order valence-corrected chi connectivity index (χ3v) is 2.75. The smallest absolute Gasteiger partial charge is 0.248 e. The molecule has 1 heterocycles. The van der Waals surface area contributed by atoms with Gasteiger partial charge < -0.3 is 5.73 Å². The molecule has 1 aromatic heterocycles. The first kappa shape index (κ1) is 12.2. The molecule has 1 aromatic carbocycles. The summed E-state index contributed by atoms with van der Waals surface area (Å²) in [6, 6.07) is 7.21. The molecule has 2 aromatic rings. The molecule has 0 aliphatic rings. The number of nitrogens with zero attached hydrogens (tertiary/aromatic N) is 2. The zero-order chi connectivity index (χ0) is 13.1. The maximum Gasteiger partial charge on any atom is 0.248 e. The summed E-state index contributed by atoms with van der Waals surface area (Å²) >= 11 is 0. The van der Waals surface area contributed by atoms with Crippen LogP contribution in [0.15, 0.2) is 36.8 Å². The molecule has 18 heavy (non-hydrogen) atoms. The fourth-order valence-electron chi connectivity index (χ4n) is 1.86. The molecule has 0 aliphatic carbocycles. The first-order chi connectivity index (χ1) is 8.59. The number of carbonyl (C=O) groups excluding carboxylic acids is 1. The Morgan fingerprint density at radius 1 is 1.33 bits per heavy atom. The molecule has 0 unspecified atom stereocenters. The molecule has 0 bridgehead atoms. The number of aromatic nitrogens is 2. The molecule has 0 atom stereocenters. The van der Waals surface area contributed by atoms with Crippen LogP contribution < -0.4 is 5.73 Å². The lowest BCUT2D eigenvalue weighted by molar-refractivity contribution is 0.100. The lowest BCUT2D eigenvalue weighted by Crippen LogP contribution is -2.10. The zero-order valence-corrected chi connectivity index (χ0v) is 10.4. The topological polar surface area (TPSA) is 68.9 Å². The van der Waals surface area contributed by atoms with Crippen molar-refractivity contribution in [3.8, 4) is 11.1 Å². The highest BCUT2D eigenvalue weighted by Gasteiger charge is 2.11. The van der Waals surface area contributed by atoms with Gasteiger partial charge in [-0.05, 0) is 23.6 Å². The van der Waals surface area contributed by atoms with Crippen molar-refractivity contribution in [3.05, 3.63) is 48.0 Å². The SMILES string of the molecule is CC(C)c1ncncc1-c1cccc(C(N)=O)c1. The van der Waals surface area contributed by atoms with Crippen LogP contribution in [0.4, 0.5) is 0 Å². The molecule has 0 saturated carbocycles. The van der Waals surface area contributed by atoms with Gasteiger partial charge in [-0.1, -0.05) is 26.0 Å². The van der Waals surface area contributed by atoms with Crippen LogP contribution in [0.5, 0.6) is 0 Å². The average Bonchev–Trinajstić information content (AvgIpc) is 2.39. The maximum atomic E-state index is 11.2. The number of amides is 1. The number of carbonyl (C=O) groups is 1. The van der Waals surface area contributed by atoms with Crippen LogP contribution in [0.25, 0.3) is 11.1 Å². The van der Waals surface area contributed by atoms with E-state index in [0.717, 1.165) is 16.8 Å². The molecular formula is C14H15N3O. The second-order valence-electron chi connectivity index (χ2n) is 4.42. The Balaban J connectivity index is 2.55. The minimum atomic E-state index is -0.431. The molecular weight excluding hydrogens is 226 g/mol. The summed E-state index contributed by atoms with van der Waals surface area (Å²) in [5.74, 6) is -0.139. The van der Waals surface area contributed by atoms with Crippen LogP contribution in [0.2, 0.25) is 0 Å². The summed E-state index contributed by atoms with van der Waals surface area (Å²) in [6.07, 6.45) is 3.30. The lowest BCUT2D eigenvalue weighted by Gasteiger charge is -2.11. The van der Waals surface area contributed by atoms with Crippen molar-refractivity contribution in [3.63, 3.8) is 0 Å². The average molecular weight is 241 g/mol. The number of nitrogens with two attached hydrogens (primary N) is 1. The van der Waals surface area contributed by atoms with Gasteiger partial charge in [0.1, 0.15) is 6.33 Å². The van der Waals surface area contributed by atoms with E-state index >= 15 is 0 Å². The van der Waals surface area contributed by atoms with Crippen LogP contribution >= 0.6 is 0 Å². The highest BCUT2D eigenvalue weighted by atomic mass is 16.1. The molecule has 0 fully saturated rings. The van der Waals surface area contributed by atoms with Crippen molar-refractivity contribution in [1.29, 1.82) is 0 Å². The van der Waals surface area contributed by atoms with Crippen molar-refractivity contribution >= 4 is 5.91 Å². The summed E-state index contributed by atoms with van der Waals surface area (Å²) < 4.78 is 0. The monoisotopic (exact) mass is 241 g/mol. The predicted octanol–water partition coefficient (Wildman–Crippen LogP) is 2.37. The summed E-state index contributed by atoms with van der Waals surface area (Å²) in [6.45, 7) is 4.15. The summed E-state index contributed by atoms with van der Waals surface area (Å²) in [5, 5.41) is 0. The second kappa shape index (κ2) is 4.96. The van der Waals surface area contributed by atoms with Crippen molar-refractivity contribution in [1.82, 2.24) is 9.97 Å². The van der Waals surface area contributed by atoms with E-state index in [4.69, 9.17) is 5.73 Å². The van der Waals surface area contributed by atoms with Crippen LogP contribution in [0.3, 0.4) is 0 Å². The quantitative estimate of drug-likeness (QED) is 0.896. The first-order valence-electron chi connectivity index (χ1n) is 5.79. The number of rotatable bonds is 3. The van der Waals surface area contributed by atoms with Crippen molar-refractivity contribution in [2.75, 3.05) is 0 Å². The Hall–Kier alpha value is -2.23. The highest BCUT2D eigenvalue weighted by Crippen LogP contribution is 2.26. The third-order valence-electron chi connectivity index (χ3n) is 2.75. The van der Waals surface area contributed by atoms with Gasteiger partial charge in [0.05, 0.1) is 5.69 Å². The van der Waals surface area contributed by atoms with E-state index in [2.05, 4.69) is 23.8 Å². The second-order valence-corrected chi connectivity index (χ2v) is 4.42. The Bertz CT molecular complexity index is 579. The van der Waals surface area contributed by atoms with Gasteiger partial charge in [0.15, 0.2) is 0 Å². The van der Waals surface area contributed by atoms with E-state index in [9.17, 15) is 4.79 Å². The zero-order valence-electron chi connectivity index (χ0n) is 10.4. The number of benzene rings is 1. The van der Waals surface area contributed by atoms with Gasteiger partial charge in [0.2, 0.25) is 5.91 Å². The summed E-state index contributed by atoms with van der Waals surface area (Å²) in [5.41, 5.74) is 8.60. The van der Waals surface area contributed by atoms with Gasteiger partial charge in [0, 0.05) is 17.3 Å². The standard InChI is InChI=1S/C14H15N3O/c1-9(2)13-12(7-16-8-17-13)10-4-3-5-11(6-10)14(15)18/h3-9H,1-2H3,(H2,15,18). The van der Waals surface area contributed by atoms with E-state index in [1.165, 1.54) is 6.33 Å². The lowest BCUT2D eigenvalue weighted by atomic mass is 9.98. The van der Waals surface area contributed by atoms with Gasteiger partial charge in [-0.2, -0.15) is 0 Å². The number of primary amides is 1. The normalized spacial score (nSPS) is 10.6. The van der Waals surface area contributed by atoms with Gasteiger partial charge in [0.25, 0.3) is 0 Å². The van der Waals surface area contributed by atoms with Gasteiger partial charge >= 0.3 is 0 Å². The highest BCUT2D eigenvalue weighted by molar-refractivity contribution is 5.94. The molecule has 4 nitrogen and oxygen atoms in total. The molecule has 0 aliphatic heterocycles. The molecule has 2 N–H and O–H groups in total. The van der Waals surface area contributed by atoms with E-state index in [1.807, 2.05) is 12.1 Å². The van der Waals surface area contributed by atoms with Gasteiger partial charge in [-0.3, -0.25) is 4.79 Å². The number of hydrogen-bond acceptors (Lipinski definition) is 3. The Morgan fingerprint density at radius 2 is 2.11 bits per heavy atom.